The van der Waals surface area contributed by atoms with Crippen LogP contribution in [0.3, 0.4) is 0 Å². The van der Waals surface area contributed by atoms with Crippen molar-refractivity contribution in [2.75, 3.05) is 26.3 Å². The molecule has 8 nitrogen and oxygen atoms in total. The lowest BCUT2D eigenvalue weighted by Crippen LogP contribution is -2.55. The SMILES string of the molecule is CC1CN(S(=O)(=O)NC2COCC2C(=O)O)CC(C)O1. The maximum atomic E-state index is 12.3. The Kier molecular flexibility index (Phi) is 4.65. The minimum atomic E-state index is -3.74. The van der Waals surface area contributed by atoms with E-state index in [2.05, 4.69) is 4.72 Å². The number of carboxylic acid groups (broad SMARTS) is 1. The summed E-state index contributed by atoms with van der Waals surface area (Å²) in [4.78, 5) is 11.0. The Labute approximate surface area is 118 Å². The predicted molar refractivity (Wildman–Crippen MR) is 69.4 cm³/mol. The van der Waals surface area contributed by atoms with Crippen molar-refractivity contribution in [1.82, 2.24) is 9.03 Å². The summed E-state index contributed by atoms with van der Waals surface area (Å²) >= 11 is 0. The largest absolute Gasteiger partial charge is 0.481 e. The molecule has 2 N–H and O–H groups in total. The zero-order valence-electron chi connectivity index (χ0n) is 11.5. The number of morpholine rings is 1. The minimum Gasteiger partial charge on any atom is -0.481 e. The van der Waals surface area contributed by atoms with Crippen LogP contribution in [0.1, 0.15) is 13.8 Å². The lowest BCUT2D eigenvalue weighted by atomic mass is 10.1. The molecule has 4 unspecified atom stereocenters. The molecule has 0 aromatic heterocycles. The van der Waals surface area contributed by atoms with E-state index in [0.717, 1.165) is 0 Å². The van der Waals surface area contributed by atoms with Crippen LogP contribution in [0.15, 0.2) is 0 Å². The summed E-state index contributed by atoms with van der Waals surface area (Å²) in [5.41, 5.74) is 0. The summed E-state index contributed by atoms with van der Waals surface area (Å²) in [6.07, 6.45) is -0.379. The molecule has 4 atom stereocenters. The van der Waals surface area contributed by atoms with Gasteiger partial charge in [0, 0.05) is 13.1 Å². The van der Waals surface area contributed by atoms with Gasteiger partial charge in [-0.2, -0.15) is 17.4 Å². The zero-order chi connectivity index (χ0) is 14.9. The molecule has 0 aliphatic carbocycles. The third-order valence-corrected chi connectivity index (χ3v) is 5.00. The lowest BCUT2D eigenvalue weighted by Gasteiger charge is -2.35. The van der Waals surface area contributed by atoms with Gasteiger partial charge in [-0.25, -0.2) is 0 Å². The molecule has 0 radical (unpaired) electrons. The summed E-state index contributed by atoms with van der Waals surface area (Å²) in [6, 6.07) is -0.731. The van der Waals surface area contributed by atoms with Crippen LogP contribution < -0.4 is 4.72 Å². The van der Waals surface area contributed by atoms with Crippen LogP contribution in [0.5, 0.6) is 0 Å². The topological polar surface area (TPSA) is 105 Å². The Balaban J connectivity index is 2.05. The second-order valence-corrected chi connectivity index (χ2v) is 6.99. The van der Waals surface area contributed by atoms with Gasteiger partial charge in [0.25, 0.3) is 10.2 Å². The Morgan fingerprint density at radius 1 is 1.25 bits per heavy atom. The first kappa shape index (κ1) is 15.6. The number of nitrogens with zero attached hydrogens (tertiary/aromatic N) is 1. The summed E-state index contributed by atoms with van der Waals surface area (Å²) in [6.45, 7) is 4.22. The fourth-order valence-electron chi connectivity index (χ4n) is 2.51. The standard InChI is InChI=1S/C11H20N2O6S/c1-7-3-13(4-8(2)19-7)20(16,17)12-10-6-18-5-9(10)11(14)15/h7-10,12H,3-6H2,1-2H3,(H,14,15). The molecule has 2 aliphatic rings. The van der Waals surface area contributed by atoms with E-state index in [1.54, 1.807) is 13.8 Å². The Hall–Kier alpha value is -0.740. The smallest absolute Gasteiger partial charge is 0.310 e. The summed E-state index contributed by atoms with van der Waals surface area (Å²) in [7, 11) is -3.74. The molecule has 0 saturated carbocycles. The molecule has 9 heteroatoms. The Morgan fingerprint density at radius 3 is 2.40 bits per heavy atom. The monoisotopic (exact) mass is 308 g/mol. The highest BCUT2D eigenvalue weighted by Crippen LogP contribution is 2.18. The van der Waals surface area contributed by atoms with E-state index >= 15 is 0 Å². The van der Waals surface area contributed by atoms with Gasteiger partial charge in [0.15, 0.2) is 0 Å². The maximum Gasteiger partial charge on any atom is 0.310 e. The van der Waals surface area contributed by atoms with Crippen LogP contribution in [-0.2, 0) is 24.5 Å². The second-order valence-electron chi connectivity index (χ2n) is 5.29. The van der Waals surface area contributed by atoms with Gasteiger partial charge in [-0.15, -0.1) is 0 Å². The Morgan fingerprint density at radius 2 is 1.85 bits per heavy atom. The molecule has 0 amide bonds. The van der Waals surface area contributed by atoms with Gasteiger partial charge in [-0.05, 0) is 13.8 Å². The molecule has 116 valence electrons. The van der Waals surface area contributed by atoms with E-state index in [4.69, 9.17) is 14.6 Å². The molecule has 0 aromatic rings. The van der Waals surface area contributed by atoms with Crippen molar-refractivity contribution < 1.29 is 27.8 Å². The highest BCUT2D eigenvalue weighted by Gasteiger charge is 2.39. The van der Waals surface area contributed by atoms with Crippen LogP contribution in [0.25, 0.3) is 0 Å². The van der Waals surface area contributed by atoms with Crippen molar-refractivity contribution in [1.29, 1.82) is 0 Å². The number of ether oxygens (including phenoxy) is 2. The van der Waals surface area contributed by atoms with Gasteiger partial charge >= 0.3 is 5.97 Å². The second kappa shape index (κ2) is 5.94. The highest BCUT2D eigenvalue weighted by molar-refractivity contribution is 7.87. The average Bonchev–Trinajstić information content (AvgIpc) is 2.75. The number of hydrogen-bond donors (Lipinski definition) is 2. The van der Waals surface area contributed by atoms with E-state index < -0.39 is 28.1 Å². The summed E-state index contributed by atoms with van der Waals surface area (Å²) in [5, 5.41) is 9.03. The first-order valence-electron chi connectivity index (χ1n) is 6.53. The number of carbonyl (C=O) groups is 1. The van der Waals surface area contributed by atoms with E-state index in [9.17, 15) is 13.2 Å². The van der Waals surface area contributed by atoms with Crippen molar-refractivity contribution in [3.8, 4) is 0 Å². The Bertz CT molecular complexity index is 458. The fourth-order valence-corrected chi connectivity index (χ4v) is 4.08. The van der Waals surface area contributed by atoms with Gasteiger partial charge in [0.2, 0.25) is 0 Å². The van der Waals surface area contributed by atoms with Crippen LogP contribution in [-0.4, -0.2) is 68.4 Å². The zero-order valence-corrected chi connectivity index (χ0v) is 12.3. The van der Waals surface area contributed by atoms with E-state index in [1.165, 1.54) is 4.31 Å². The van der Waals surface area contributed by atoms with Crippen LogP contribution in [0, 0.1) is 5.92 Å². The van der Waals surface area contributed by atoms with Gasteiger partial charge in [0.1, 0.15) is 0 Å². The van der Waals surface area contributed by atoms with Crippen LogP contribution in [0.2, 0.25) is 0 Å². The van der Waals surface area contributed by atoms with Crippen LogP contribution in [0.4, 0.5) is 0 Å². The van der Waals surface area contributed by atoms with Gasteiger partial charge in [-0.3, -0.25) is 4.79 Å². The molecular formula is C11H20N2O6S. The number of hydrogen-bond acceptors (Lipinski definition) is 5. The fraction of sp³-hybridized carbons (Fsp3) is 0.909. The van der Waals surface area contributed by atoms with E-state index in [-0.39, 0.29) is 38.5 Å². The molecule has 2 rings (SSSR count). The minimum absolute atomic E-state index is 0.0262. The highest BCUT2D eigenvalue weighted by atomic mass is 32.2. The van der Waals surface area contributed by atoms with Crippen LogP contribution >= 0.6 is 0 Å². The molecule has 2 heterocycles. The van der Waals surface area contributed by atoms with Gasteiger partial charge in [0.05, 0.1) is 37.4 Å². The molecule has 0 aromatic carbocycles. The third kappa shape index (κ3) is 3.47. The number of nitrogens with one attached hydrogen (secondary N) is 1. The normalized spacial score (nSPS) is 36.1. The average molecular weight is 308 g/mol. The van der Waals surface area contributed by atoms with E-state index in [0.29, 0.717) is 0 Å². The molecule has 2 aliphatic heterocycles. The summed E-state index contributed by atoms with van der Waals surface area (Å²) < 4.78 is 38.9. The van der Waals surface area contributed by atoms with E-state index in [1.807, 2.05) is 0 Å². The van der Waals surface area contributed by atoms with Gasteiger partial charge in [-0.1, -0.05) is 0 Å². The first-order valence-corrected chi connectivity index (χ1v) is 7.97. The molecule has 20 heavy (non-hydrogen) atoms. The quantitative estimate of drug-likeness (QED) is 0.692. The van der Waals surface area contributed by atoms with Crippen molar-refractivity contribution in [2.45, 2.75) is 32.1 Å². The van der Waals surface area contributed by atoms with Crippen molar-refractivity contribution in [3.05, 3.63) is 0 Å². The number of carboxylic acids is 1. The third-order valence-electron chi connectivity index (χ3n) is 3.42. The molecule has 2 saturated heterocycles. The molecule has 0 spiro atoms. The number of rotatable bonds is 4. The summed E-state index contributed by atoms with van der Waals surface area (Å²) in [5.74, 6) is -1.90. The van der Waals surface area contributed by atoms with Crippen molar-refractivity contribution in [3.63, 3.8) is 0 Å². The molecule has 2 fully saturated rings. The molecular weight excluding hydrogens is 288 g/mol. The lowest BCUT2D eigenvalue weighted by molar-refractivity contribution is -0.142. The molecule has 0 bridgehead atoms. The van der Waals surface area contributed by atoms with Crippen molar-refractivity contribution in [2.24, 2.45) is 5.92 Å². The van der Waals surface area contributed by atoms with Crippen molar-refractivity contribution >= 4 is 16.2 Å². The maximum absolute atomic E-state index is 12.3. The predicted octanol–water partition coefficient (Wildman–Crippen LogP) is -0.970. The van der Waals surface area contributed by atoms with Gasteiger partial charge < -0.3 is 14.6 Å². The number of aliphatic carboxylic acids is 1. The first-order chi connectivity index (χ1) is 9.29.